The van der Waals surface area contributed by atoms with Gasteiger partial charge in [0.2, 0.25) is 11.8 Å². The first-order chi connectivity index (χ1) is 11.2. The predicted molar refractivity (Wildman–Crippen MR) is 90.5 cm³/mol. The van der Waals surface area contributed by atoms with Crippen molar-refractivity contribution < 1.29 is 9.15 Å². The van der Waals surface area contributed by atoms with Crippen LogP contribution in [0.25, 0.3) is 11.5 Å². The summed E-state index contributed by atoms with van der Waals surface area (Å²) in [7, 11) is 3.70. The van der Waals surface area contributed by atoms with Crippen LogP contribution in [0.4, 0.5) is 0 Å². The molecule has 5 nitrogen and oxygen atoms in total. The summed E-state index contributed by atoms with van der Waals surface area (Å²) >= 11 is 1.76. The summed E-state index contributed by atoms with van der Waals surface area (Å²) in [5.41, 5.74) is 0.888. The average Bonchev–Trinajstić information content (AvgIpc) is 3.26. The van der Waals surface area contributed by atoms with Crippen LogP contribution >= 0.6 is 11.3 Å². The molecule has 0 fully saturated rings. The Hall–Kier alpha value is -2.18. The van der Waals surface area contributed by atoms with Crippen LogP contribution < -0.4 is 4.74 Å². The number of methoxy groups -OCH3 is 1. The second-order valence-electron chi connectivity index (χ2n) is 5.34. The number of thiophene rings is 1. The third-order valence-corrected chi connectivity index (χ3v) is 4.85. The molecule has 6 heteroatoms. The molecule has 0 amide bonds. The molecule has 23 heavy (non-hydrogen) atoms. The van der Waals surface area contributed by atoms with Crippen molar-refractivity contribution >= 4 is 11.3 Å². The molecule has 0 radical (unpaired) electrons. The van der Waals surface area contributed by atoms with Crippen molar-refractivity contribution in [3.05, 3.63) is 52.5 Å². The van der Waals surface area contributed by atoms with E-state index in [9.17, 15) is 0 Å². The van der Waals surface area contributed by atoms with Gasteiger partial charge in [-0.25, -0.2) is 0 Å². The van der Waals surface area contributed by atoms with Gasteiger partial charge in [-0.2, -0.15) is 0 Å². The SMILES string of the molecule is COc1ccc(-c2nnc(CN(C)C(C)c3cccs3)o2)cc1. The highest BCUT2D eigenvalue weighted by molar-refractivity contribution is 7.10. The predicted octanol–water partition coefficient (Wildman–Crippen LogP) is 4.00. The van der Waals surface area contributed by atoms with Crippen LogP contribution in [-0.2, 0) is 6.54 Å². The van der Waals surface area contributed by atoms with Gasteiger partial charge in [0.05, 0.1) is 13.7 Å². The highest BCUT2D eigenvalue weighted by Crippen LogP contribution is 2.26. The van der Waals surface area contributed by atoms with E-state index >= 15 is 0 Å². The molecule has 0 N–H and O–H groups in total. The fourth-order valence-corrected chi connectivity index (χ4v) is 3.11. The number of rotatable bonds is 6. The lowest BCUT2D eigenvalue weighted by molar-refractivity contribution is 0.231. The summed E-state index contributed by atoms with van der Waals surface area (Å²) in [4.78, 5) is 3.51. The molecule has 0 bridgehead atoms. The van der Waals surface area contributed by atoms with Gasteiger partial charge in [-0.05, 0) is 49.7 Å². The quantitative estimate of drug-likeness (QED) is 0.684. The lowest BCUT2D eigenvalue weighted by Gasteiger charge is -2.21. The Kier molecular flexibility index (Phi) is 4.73. The smallest absolute Gasteiger partial charge is 0.247 e. The van der Waals surface area contributed by atoms with Gasteiger partial charge in [-0.15, -0.1) is 21.5 Å². The lowest BCUT2D eigenvalue weighted by Crippen LogP contribution is -2.21. The highest BCUT2D eigenvalue weighted by Gasteiger charge is 2.16. The molecular weight excluding hydrogens is 310 g/mol. The van der Waals surface area contributed by atoms with Gasteiger partial charge >= 0.3 is 0 Å². The Labute approximate surface area is 139 Å². The van der Waals surface area contributed by atoms with Gasteiger partial charge in [0.1, 0.15) is 5.75 Å². The van der Waals surface area contributed by atoms with Crippen molar-refractivity contribution in [2.75, 3.05) is 14.2 Å². The topological polar surface area (TPSA) is 51.4 Å². The monoisotopic (exact) mass is 329 g/mol. The van der Waals surface area contributed by atoms with Crippen LogP contribution in [0.2, 0.25) is 0 Å². The maximum atomic E-state index is 5.78. The summed E-state index contributed by atoms with van der Waals surface area (Å²) in [5, 5.41) is 10.4. The van der Waals surface area contributed by atoms with Crippen LogP contribution in [0.15, 0.2) is 46.2 Å². The normalized spacial score (nSPS) is 12.5. The van der Waals surface area contributed by atoms with Crippen molar-refractivity contribution in [2.45, 2.75) is 19.5 Å². The van der Waals surface area contributed by atoms with E-state index < -0.39 is 0 Å². The van der Waals surface area contributed by atoms with Gasteiger partial charge in [-0.1, -0.05) is 6.07 Å². The van der Waals surface area contributed by atoms with Crippen molar-refractivity contribution in [2.24, 2.45) is 0 Å². The van der Waals surface area contributed by atoms with Gasteiger partial charge < -0.3 is 9.15 Å². The highest BCUT2D eigenvalue weighted by atomic mass is 32.1. The minimum atomic E-state index is 0.311. The molecule has 3 rings (SSSR count). The van der Waals surface area contributed by atoms with Gasteiger partial charge in [-0.3, -0.25) is 4.90 Å². The first kappa shape index (κ1) is 15.7. The van der Waals surface area contributed by atoms with Crippen LogP contribution in [-0.4, -0.2) is 29.3 Å². The molecule has 2 heterocycles. The van der Waals surface area contributed by atoms with Crippen LogP contribution in [0.5, 0.6) is 5.75 Å². The minimum Gasteiger partial charge on any atom is -0.497 e. The maximum Gasteiger partial charge on any atom is 0.247 e. The van der Waals surface area contributed by atoms with E-state index in [1.807, 2.05) is 24.3 Å². The largest absolute Gasteiger partial charge is 0.497 e. The molecule has 3 aromatic rings. The molecule has 0 aliphatic heterocycles. The summed E-state index contributed by atoms with van der Waals surface area (Å²) in [5.74, 6) is 1.94. The Morgan fingerprint density at radius 2 is 2.00 bits per heavy atom. The molecule has 0 spiro atoms. The molecule has 0 aliphatic rings. The molecular formula is C17H19N3O2S. The molecule has 1 atom stereocenters. The Bertz CT molecular complexity index is 738. The second kappa shape index (κ2) is 6.93. The third kappa shape index (κ3) is 3.60. The van der Waals surface area contributed by atoms with E-state index in [0.29, 0.717) is 24.4 Å². The fourth-order valence-electron chi connectivity index (χ4n) is 2.26. The van der Waals surface area contributed by atoms with Crippen LogP contribution in [0, 0.1) is 0 Å². The van der Waals surface area contributed by atoms with E-state index in [0.717, 1.165) is 11.3 Å². The molecule has 0 aliphatic carbocycles. The van der Waals surface area contributed by atoms with Gasteiger partial charge in [0, 0.05) is 16.5 Å². The number of nitrogens with zero attached hydrogens (tertiary/aromatic N) is 3. The fraction of sp³-hybridized carbons (Fsp3) is 0.294. The lowest BCUT2D eigenvalue weighted by atomic mass is 10.2. The summed E-state index contributed by atoms with van der Waals surface area (Å²) in [6, 6.07) is 12.1. The third-order valence-electron chi connectivity index (χ3n) is 3.80. The Morgan fingerprint density at radius 1 is 1.22 bits per heavy atom. The second-order valence-corrected chi connectivity index (χ2v) is 6.32. The van der Waals surface area contributed by atoms with Gasteiger partial charge in [0.15, 0.2) is 0 Å². The van der Waals surface area contributed by atoms with Crippen molar-refractivity contribution in [3.63, 3.8) is 0 Å². The molecule has 0 saturated heterocycles. The Morgan fingerprint density at radius 3 is 2.65 bits per heavy atom. The first-order valence-corrected chi connectivity index (χ1v) is 8.26. The molecule has 2 aromatic heterocycles. The van der Waals surface area contributed by atoms with Crippen LogP contribution in [0.3, 0.4) is 0 Å². The zero-order valence-electron chi connectivity index (χ0n) is 13.4. The van der Waals surface area contributed by atoms with E-state index in [-0.39, 0.29) is 0 Å². The van der Waals surface area contributed by atoms with E-state index in [1.165, 1.54) is 4.88 Å². The van der Waals surface area contributed by atoms with Crippen molar-refractivity contribution in [3.8, 4) is 17.2 Å². The summed E-state index contributed by atoms with van der Waals surface area (Å²) in [6.07, 6.45) is 0. The number of aromatic nitrogens is 2. The maximum absolute atomic E-state index is 5.78. The zero-order chi connectivity index (χ0) is 16.2. The van der Waals surface area contributed by atoms with Crippen LogP contribution in [0.1, 0.15) is 23.7 Å². The average molecular weight is 329 g/mol. The molecule has 1 unspecified atom stereocenters. The molecule has 1 aromatic carbocycles. The Balaban J connectivity index is 1.69. The number of benzene rings is 1. The van der Waals surface area contributed by atoms with Crippen molar-refractivity contribution in [1.29, 1.82) is 0 Å². The number of hydrogen-bond acceptors (Lipinski definition) is 6. The summed E-state index contributed by atoms with van der Waals surface area (Å²) in [6.45, 7) is 2.79. The summed E-state index contributed by atoms with van der Waals surface area (Å²) < 4.78 is 10.9. The minimum absolute atomic E-state index is 0.311. The number of hydrogen-bond donors (Lipinski definition) is 0. The van der Waals surface area contributed by atoms with E-state index in [2.05, 4.69) is 46.6 Å². The molecule has 120 valence electrons. The van der Waals surface area contributed by atoms with Crippen molar-refractivity contribution in [1.82, 2.24) is 15.1 Å². The number of ether oxygens (including phenoxy) is 1. The molecule has 0 saturated carbocycles. The van der Waals surface area contributed by atoms with Gasteiger partial charge in [0.25, 0.3) is 0 Å². The van der Waals surface area contributed by atoms with E-state index in [4.69, 9.17) is 9.15 Å². The van der Waals surface area contributed by atoms with E-state index in [1.54, 1.807) is 18.4 Å². The first-order valence-electron chi connectivity index (χ1n) is 7.38. The zero-order valence-corrected chi connectivity index (χ0v) is 14.2. The standard InChI is InChI=1S/C17H19N3O2S/c1-12(15-5-4-10-23-15)20(2)11-16-18-19-17(22-16)13-6-8-14(21-3)9-7-13/h4-10,12H,11H2,1-3H3.